The number of aliphatic hydroxyl groups is 1. The Hall–Kier alpha value is 0.140. The molecule has 0 aliphatic rings. The van der Waals surface area contributed by atoms with Crippen LogP contribution in [0.4, 0.5) is 0 Å². The van der Waals surface area contributed by atoms with Gasteiger partial charge in [-0.3, -0.25) is 0 Å². The van der Waals surface area contributed by atoms with E-state index in [0.717, 1.165) is 20.9 Å². The van der Waals surface area contributed by atoms with Crippen LogP contribution < -0.4 is 0 Å². The summed E-state index contributed by atoms with van der Waals surface area (Å²) in [4.78, 5) is 0. The zero-order valence-corrected chi connectivity index (χ0v) is 11.5. The first kappa shape index (κ1) is 12.2. The lowest BCUT2D eigenvalue weighted by molar-refractivity contribution is 0.115. The van der Waals surface area contributed by atoms with E-state index in [1.807, 2.05) is 18.2 Å². The Morgan fingerprint density at radius 3 is 2.43 bits per heavy atom. The molecule has 0 aliphatic carbocycles. The summed E-state index contributed by atoms with van der Waals surface area (Å²) < 4.78 is 2.00. The van der Waals surface area contributed by atoms with Crippen molar-refractivity contribution < 1.29 is 5.11 Å². The molecule has 0 saturated carbocycles. The van der Waals surface area contributed by atoms with Crippen LogP contribution in [-0.2, 0) is 0 Å². The zero-order chi connectivity index (χ0) is 10.7. The van der Waals surface area contributed by atoms with E-state index >= 15 is 0 Å². The lowest BCUT2D eigenvalue weighted by Crippen LogP contribution is -2.07. The second kappa shape index (κ2) is 5.29. The Morgan fingerprint density at radius 2 is 1.93 bits per heavy atom. The van der Waals surface area contributed by atoms with E-state index in [0.29, 0.717) is 5.92 Å². The molecule has 14 heavy (non-hydrogen) atoms. The third-order valence-corrected chi connectivity index (χ3v) is 4.35. The van der Waals surface area contributed by atoms with Crippen molar-refractivity contribution in [1.82, 2.24) is 0 Å². The molecular weight excluding hydrogens is 308 g/mol. The average molecular weight is 322 g/mol. The second-order valence-electron chi connectivity index (χ2n) is 3.50. The topological polar surface area (TPSA) is 20.2 Å². The van der Waals surface area contributed by atoms with Gasteiger partial charge in [0.1, 0.15) is 0 Å². The third kappa shape index (κ3) is 2.81. The van der Waals surface area contributed by atoms with E-state index in [4.69, 9.17) is 0 Å². The van der Waals surface area contributed by atoms with E-state index in [2.05, 4.69) is 45.7 Å². The van der Waals surface area contributed by atoms with Gasteiger partial charge in [0.05, 0.1) is 6.10 Å². The van der Waals surface area contributed by atoms with Gasteiger partial charge in [-0.05, 0) is 55.5 Å². The van der Waals surface area contributed by atoms with Crippen molar-refractivity contribution in [2.75, 3.05) is 0 Å². The first-order valence-corrected chi connectivity index (χ1v) is 6.27. The molecule has 1 rings (SSSR count). The van der Waals surface area contributed by atoms with Gasteiger partial charge in [0.25, 0.3) is 0 Å². The molecule has 3 heteroatoms. The van der Waals surface area contributed by atoms with Gasteiger partial charge >= 0.3 is 0 Å². The van der Waals surface area contributed by atoms with Crippen LogP contribution in [0.25, 0.3) is 0 Å². The minimum atomic E-state index is -0.371. The highest BCUT2D eigenvalue weighted by molar-refractivity contribution is 9.13. The van der Waals surface area contributed by atoms with Crippen LogP contribution in [0.2, 0.25) is 0 Å². The number of halogens is 2. The van der Waals surface area contributed by atoms with Crippen LogP contribution in [-0.4, -0.2) is 5.11 Å². The van der Waals surface area contributed by atoms with E-state index < -0.39 is 0 Å². The summed E-state index contributed by atoms with van der Waals surface area (Å²) in [7, 11) is 0. The summed E-state index contributed by atoms with van der Waals surface area (Å²) >= 11 is 6.83. The van der Waals surface area contributed by atoms with E-state index in [1.54, 1.807) is 0 Å². The summed E-state index contributed by atoms with van der Waals surface area (Å²) in [6, 6.07) is 5.86. The van der Waals surface area contributed by atoms with Crippen LogP contribution in [0.5, 0.6) is 0 Å². The maximum Gasteiger partial charge on any atom is 0.0815 e. The predicted molar refractivity (Wildman–Crippen MR) is 66.3 cm³/mol. The van der Waals surface area contributed by atoms with Crippen molar-refractivity contribution in [3.05, 3.63) is 32.7 Å². The highest BCUT2D eigenvalue weighted by atomic mass is 79.9. The summed E-state index contributed by atoms with van der Waals surface area (Å²) in [5, 5.41) is 9.97. The van der Waals surface area contributed by atoms with Gasteiger partial charge in [-0.15, -0.1) is 0 Å². The van der Waals surface area contributed by atoms with Crippen molar-refractivity contribution in [3.8, 4) is 0 Å². The second-order valence-corrected chi connectivity index (χ2v) is 5.21. The highest BCUT2D eigenvalue weighted by Gasteiger charge is 2.15. The molecule has 0 radical (unpaired) electrons. The molecule has 1 aromatic rings. The molecule has 1 aromatic carbocycles. The lowest BCUT2D eigenvalue weighted by Gasteiger charge is -2.17. The Bertz CT molecular complexity index is 312. The third-order valence-electron chi connectivity index (χ3n) is 2.47. The largest absolute Gasteiger partial charge is 0.388 e. The fourth-order valence-corrected chi connectivity index (χ4v) is 1.89. The normalized spacial score (nSPS) is 15.2. The first-order chi connectivity index (χ1) is 6.56. The summed E-state index contributed by atoms with van der Waals surface area (Å²) in [6.45, 7) is 4.14. The quantitative estimate of drug-likeness (QED) is 0.880. The van der Waals surface area contributed by atoms with Gasteiger partial charge < -0.3 is 5.11 Å². The minimum absolute atomic E-state index is 0.295. The molecule has 0 bridgehead atoms. The van der Waals surface area contributed by atoms with Crippen LogP contribution >= 0.6 is 31.9 Å². The standard InChI is InChI=1S/C11H14Br2O/c1-3-7(2)11(14)8-4-5-9(12)10(13)6-8/h4-7,11,14H,3H2,1-2H3. The van der Waals surface area contributed by atoms with Crippen molar-refractivity contribution in [1.29, 1.82) is 0 Å². The maximum atomic E-state index is 9.97. The fourth-order valence-electron chi connectivity index (χ4n) is 1.25. The SMILES string of the molecule is CCC(C)C(O)c1ccc(Br)c(Br)c1. The van der Waals surface area contributed by atoms with Crippen LogP contribution in [0.3, 0.4) is 0 Å². The highest BCUT2D eigenvalue weighted by Crippen LogP contribution is 2.30. The fraction of sp³-hybridized carbons (Fsp3) is 0.455. The van der Waals surface area contributed by atoms with Crippen molar-refractivity contribution in [2.45, 2.75) is 26.4 Å². The van der Waals surface area contributed by atoms with Crippen LogP contribution in [0, 0.1) is 5.92 Å². The molecule has 0 amide bonds. The number of hydrogen-bond donors (Lipinski definition) is 1. The molecule has 0 fully saturated rings. The maximum absolute atomic E-state index is 9.97. The molecule has 0 saturated heterocycles. The number of aliphatic hydroxyl groups excluding tert-OH is 1. The molecule has 2 atom stereocenters. The molecule has 1 N–H and O–H groups in total. The minimum Gasteiger partial charge on any atom is -0.388 e. The summed E-state index contributed by atoms with van der Waals surface area (Å²) in [5.41, 5.74) is 0.967. The number of benzene rings is 1. The number of hydrogen-bond acceptors (Lipinski definition) is 1. The first-order valence-electron chi connectivity index (χ1n) is 4.69. The molecule has 0 aliphatic heterocycles. The Balaban J connectivity index is 2.91. The van der Waals surface area contributed by atoms with Gasteiger partial charge in [0.15, 0.2) is 0 Å². The molecule has 2 unspecified atom stereocenters. The van der Waals surface area contributed by atoms with Crippen molar-refractivity contribution in [3.63, 3.8) is 0 Å². The monoisotopic (exact) mass is 320 g/mol. The Morgan fingerprint density at radius 1 is 1.29 bits per heavy atom. The van der Waals surface area contributed by atoms with E-state index in [9.17, 15) is 5.11 Å². The summed E-state index contributed by atoms with van der Waals surface area (Å²) in [5.74, 6) is 0.295. The van der Waals surface area contributed by atoms with E-state index in [1.165, 1.54) is 0 Å². The van der Waals surface area contributed by atoms with Gasteiger partial charge in [0.2, 0.25) is 0 Å². The Kier molecular flexibility index (Phi) is 4.61. The molecule has 0 heterocycles. The Labute approximate surface area is 102 Å². The van der Waals surface area contributed by atoms with E-state index in [-0.39, 0.29) is 6.10 Å². The summed E-state index contributed by atoms with van der Waals surface area (Å²) in [6.07, 6.45) is 0.610. The van der Waals surface area contributed by atoms with Crippen molar-refractivity contribution >= 4 is 31.9 Å². The predicted octanol–water partition coefficient (Wildman–Crippen LogP) is 4.29. The van der Waals surface area contributed by atoms with Gasteiger partial charge in [0, 0.05) is 8.95 Å². The smallest absolute Gasteiger partial charge is 0.0815 e. The van der Waals surface area contributed by atoms with Crippen molar-refractivity contribution in [2.24, 2.45) is 5.92 Å². The molecule has 0 aromatic heterocycles. The molecular formula is C11H14Br2O. The zero-order valence-electron chi connectivity index (χ0n) is 8.30. The average Bonchev–Trinajstić information content (AvgIpc) is 2.20. The molecule has 0 spiro atoms. The molecule has 1 nitrogen and oxygen atoms in total. The van der Waals surface area contributed by atoms with Gasteiger partial charge in [-0.1, -0.05) is 26.3 Å². The van der Waals surface area contributed by atoms with Crippen LogP contribution in [0.15, 0.2) is 27.1 Å². The van der Waals surface area contributed by atoms with Crippen LogP contribution in [0.1, 0.15) is 31.9 Å². The molecule has 78 valence electrons. The number of rotatable bonds is 3. The van der Waals surface area contributed by atoms with Gasteiger partial charge in [-0.25, -0.2) is 0 Å². The lowest BCUT2D eigenvalue weighted by atomic mass is 9.95. The van der Waals surface area contributed by atoms with Gasteiger partial charge in [-0.2, -0.15) is 0 Å².